The summed E-state index contributed by atoms with van der Waals surface area (Å²) in [6, 6.07) is 12.2. The highest BCUT2D eigenvalue weighted by Crippen LogP contribution is 2.36. The average molecular weight is 434 g/mol. The predicted octanol–water partition coefficient (Wildman–Crippen LogP) is 5.80. The molecule has 1 N–H and O–H groups in total. The summed E-state index contributed by atoms with van der Waals surface area (Å²) in [6.07, 6.45) is -1.18. The number of pyridine rings is 1. The molecule has 1 aliphatic rings. The lowest BCUT2D eigenvalue weighted by Gasteiger charge is -2.08. The van der Waals surface area contributed by atoms with E-state index in [0.29, 0.717) is 4.91 Å². The van der Waals surface area contributed by atoms with Crippen LogP contribution in [0.25, 0.3) is 17.0 Å². The number of nitrogens with zero attached hydrogens (tertiary/aromatic N) is 2. The molecule has 2 heterocycles. The third kappa shape index (κ3) is 4.13. The molecule has 0 atom stereocenters. The number of nitrogens with one attached hydrogen (secondary N) is 1. The lowest BCUT2D eigenvalue weighted by Crippen LogP contribution is -2.19. The van der Waals surface area contributed by atoms with Crippen molar-refractivity contribution in [1.29, 1.82) is 0 Å². The third-order valence-electron chi connectivity index (χ3n) is 4.10. The van der Waals surface area contributed by atoms with Crippen LogP contribution in [-0.4, -0.2) is 16.1 Å². The zero-order valence-corrected chi connectivity index (χ0v) is 16.1. The van der Waals surface area contributed by atoms with Gasteiger partial charge in [-0.2, -0.15) is 13.2 Å². The fourth-order valence-corrected chi connectivity index (χ4v) is 3.74. The Hall–Kier alpha value is -2.84. The smallest absolute Gasteiger partial charge is 0.300 e. The summed E-state index contributed by atoms with van der Waals surface area (Å²) in [7, 11) is 0. The molecule has 0 bridgehead atoms. The summed E-state index contributed by atoms with van der Waals surface area (Å²) < 4.78 is 38.8. The number of carbonyl (C=O) groups excluding carboxylic acids is 1. The number of amides is 1. The van der Waals surface area contributed by atoms with Crippen LogP contribution in [-0.2, 0) is 11.0 Å². The van der Waals surface area contributed by atoms with Crippen LogP contribution < -0.4 is 5.32 Å². The van der Waals surface area contributed by atoms with E-state index in [4.69, 9.17) is 11.6 Å². The molecule has 0 spiro atoms. The van der Waals surface area contributed by atoms with Crippen LogP contribution in [0.3, 0.4) is 0 Å². The van der Waals surface area contributed by atoms with Crippen molar-refractivity contribution in [3.63, 3.8) is 0 Å². The quantitative estimate of drug-likeness (QED) is 0.520. The Kier molecular flexibility index (Phi) is 5.06. The molecule has 4 nitrogen and oxygen atoms in total. The molecular formula is C20H11ClF3N3OS. The number of halogens is 4. The number of thioether (sulfide) groups is 1. The van der Waals surface area contributed by atoms with Gasteiger partial charge >= 0.3 is 6.18 Å². The lowest BCUT2D eigenvalue weighted by atomic mass is 10.1. The van der Waals surface area contributed by atoms with Crippen molar-refractivity contribution in [2.24, 2.45) is 4.99 Å². The van der Waals surface area contributed by atoms with Crippen molar-refractivity contribution in [3.05, 3.63) is 75.8 Å². The summed E-state index contributed by atoms with van der Waals surface area (Å²) in [6.45, 7) is 0. The van der Waals surface area contributed by atoms with Crippen LogP contribution >= 0.6 is 23.4 Å². The molecule has 1 aromatic heterocycles. The third-order valence-corrected chi connectivity index (χ3v) is 5.33. The maximum atomic E-state index is 12.9. The second-order valence-electron chi connectivity index (χ2n) is 6.07. The first-order chi connectivity index (χ1) is 13.8. The van der Waals surface area contributed by atoms with Crippen molar-refractivity contribution >= 4 is 57.1 Å². The number of benzene rings is 2. The number of para-hydroxylation sites is 1. The number of rotatable bonds is 2. The molecule has 4 rings (SSSR count). The number of hydrogen-bond acceptors (Lipinski definition) is 4. The Balaban J connectivity index is 1.67. The van der Waals surface area contributed by atoms with Gasteiger partial charge in [0.1, 0.15) is 0 Å². The standard InChI is InChI=1S/C20H11ClF3N3OS/c21-14-7-6-13(20(22,23)24)10-15(14)26-19-27-18(28)16(29-19)9-12-4-1-3-11-5-2-8-25-17(11)12/h1-10H,(H,26,27,28). The highest BCUT2D eigenvalue weighted by molar-refractivity contribution is 8.18. The molecule has 0 saturated carbocycles. The molecule has 0 aliphatic carbocycles. The molecule has 2 aromatic carbocycles. The van der Waals surface area contributed by atoms with Gasteiger partial charge in [0.25, 0.3) is 5.91 Å². The van der Waals surface area contributed by atoms with Crippen molar-refractivity contribution in [2.75, 3.05) is 0 Å². The number of aromatic nitrogens is 1. The van der Waals surface area contributed by atoms with Gasteiger partial charge in [0.05, 0.1) is 26.7 Å². The Morgan fingerprint density at radius 3 is 2.72 bits per heavy atom. The molecule has 9 heteroatoms. The number of hydrogen-bond donors (Lipinski definition) is 1. The SMILES string of the molecule is O=C1NC(=Nc2cc(C(F)(F)F)ccc2Cl)SC1=Cc1cccc2cccnc12. The summed E-state index contributed by atoms with van der Waals surface area (Å²) in [5.74, 6) is -0.398. The summed E-state index contributed by atoms with van der Waals surface area (Å²) in [5, 5.41) is 3.68. The Morgan fingerprint density at radius 1 is 1.14 bits per heavy atom. The van der Waals surface area contributed by atoms with E-state index in [1.807, 2.05) is 30.3 Å². The van der Waals surface area contributed by atoms with Crippen LogP contribution in [0, 0.1) is 0 Å². The first kappa shape index (κ1) is 19.5. The topological polar surface area (TPSA) is 54.4 Å². The Labute approximate surface area is 172 Å². The number of fused-ring (bicyclic) bond motifs is 1. The average Bonchev–Trinajstić information content (AvgIpc) is 3.02. The molecule has 146 valence electrons. The van der Waals surface area contributed by atoms with E-state index in [9.17, 15) is 18.0 Å². The van der Waals surface area contributed by atoms with Gasteiger partial charge < -0.3 is 5.32 Å². The zero-order chi connectivity index (χ0) is 20.6. The summed E-state index contributed by atoms with van der Waals surface area (Å²) in [5.41, 5.74) is 0.548. The number of alkyl halides is 3. The van der Waals surface area contributed by atoms with E-state index < -0.39 is 17.6 Å². The second-order valence-corrected chi connectivity index (χ2v) is 7.51. The molecule has 3 aromatic rings. The first-order valence-electron chi connectivity index (χ1n) is 8.31. The van der Waals surface area contributed by atoms with Gasteiger partial charge in [0, 0.05) is 17.1 Å². The van der Waals surface area contributed by atoms with E-state index in [1.165, 1.54) is 0 Å². The highest BCUT2D eigenvalue weighted by Gasteiger charge is 2.31. The number of amidine groups is 1. The van der Waals surface area contributed by atoms with Gasteiger partial charge in [0.15, 0.2) is 5.17 Å². The van der Waals surface area contributed by atoms with Gasteiger partial charge in [-0.3, -0.25) is 9.78 Å². The minimum atomic E-state index is -4.52. The van der Waals surface area contributed by atoms with Crippen LogP contribution in [0.4, 0.5) is 18.9 Å². The van der Waals surface area contributed by atoms with E-state index in [-0.39, 0.29) is 15.9 Å². The fourth-order valence-electron chi connectivity index (χ4n) is 2.75. The van der Waals surface area contributed by atoms with Gasteiger partial charge in [0.2, 0.25) is 0 Å². The number of aliphatic imine (C=N–C) groups is 1. The van der Waals surface area contributed by atoms with E-state index in [2.05, 4.69) is 15.3 Å². The molecule has 0 unspecified atom stereocenters. The van der Waals surface area contributed by atoms with E-state index in [0.717, 1.165) is 46.4 Å². The summed E-state index contributed by atoms with van der Waals surface area (Å²) in [4.78, 5) is 21.1. The molecule has 1 saturated heterocycles. The van der Waals surface area contributed by atoms with Gasteiger partial charge in [-0.25, -0.2) is 4.99 Å². The Morgan fingerprint density at radius 2 is 1.93 bits per heavy atom. The molecular weight excluding hydrogens is 423 g/mol. The number of carbonyl (C=O) groups is 1. The normalized spacial score (nSPS) is 17.3. The predicted molar refractivity (Wildman–Crippen MR) is 109 cm³/mol. The maximum absolute atomic E-state index is 12.9. The molecule has 1 fully saturated rings. The fraction of sp³-hybridized carbons (Fsp3) is 0.0500. The monoisotopic (exact) mass is 433 g/mol. The van der Waals surface area contributed by atoms with Crippen LogP contribution in [0.5, 0.6) is 0 Å². The van der Waals surface area contributed by atoms with Crippen molar-refractivity contribution < 1.29 is 18.0 Å². The van der Waals surface area contributed by atoms with Crippen molar-refractivity contribution in [3.8, 4) is 0 Å². The molecule has 0 radical (unpaired) electrons. The van der Waals surface area contributed by atoms with Crippen molar-refractivity contribution in [1.82, 2.24) is 10.3 Å². The van der Waals surface area contributed by atoms with Gasteiger partial charge in [-0.1, -0.05) is 35.9 Å². The molecule has 1 amide bonds. The zero-order valence-electron chi connectivity index (χ0n) is 14.5. The highest BCUT2D eigenvalue weighted by atomic mass is 35.5. The van der Waals surface area contributed by atoms with Crippen LogP contribution in [0.1, 0.15) is 11.1 Å². The minimum absolute atomic E-state index is 0.0519. The van der Waals surface area contributed by atoms with E-state index >= 15 is 0 Å². The Bertz CT molecular complexity index is 1190. The summed E-state index contributed by atoms with van der Waals surface area (Å²) >= 11 is 7.00. The van der Waals surface area contributed by atoms with Crippen LogP contribution in [0.2, 0.25) is 5.02 Å². The molecule has 1 aliphatic heterocycles. The minimum Gasteiger partial charge on any atom is -0.300 e. The van der Waals surface area contributed by atoms with Gasteiger partial charge in [-0.15, -0.1) is 0 Å². The first-order valence-corrected chi connectivity index (χ1v) is 9.51. The van der Waals surface area contributed by atoms with Crippen LogP contribution in [0.15, 0.2) is 64.6 Å². The maximum Gasteiger partial charge on any atom is 0.416 e. The lowest BCUT2D eigenvalue weighted by molar-refractivity contribution is -0.137. The van der Waals surface area contributed by atoms with Crippen molar-refractivity contribution in [2.45, 2.75) is 6.18 Å². The largest absolute Gasteiger partial charge is 0.416 e. The van der Waals surface area contributed by atoms with Gasteiger partial charge in [-0.05, 0) is 42.1 Å². The second kappa shape index (κ2) is 7.53. The molecule has 29 heavy (non-hydrogen) atoms. The van der Waals surface area contributed by atoms with E-state index in [1.54, 1.807) is 12.3 Å².